The molecule has 1 aliphatic heterocycles. The molecule has 0 bridgehead atoms. The SMILES string of the molecule is CC(=O)Nc1ccc(CN2CCC[C@H](c3ncc(C(=O)Nc4ccccc4)c(C)n3)C2)cc1. The molecule has 1 aromatic heterocycles. The Morgan fingerprint density at radius 2 is 1.76 bits per heavy atom. The second-order valence-electron chi connectivity index (χ2n) is 8.50. The highest BCUT2D eigenvalue weighted by Crippen LogP contribution is 2.26. The number of hydrogen-bond donors (Lipinski definition) is 2. The number of rotatable bonds is 6. The zero-order valence-electron chi connectivity index (χ0n) is 19.0. The van der Waals surface area contributed by atoms with Crippen LogP contribution >= 0.6 is 0 Å². The van der Waals surface area contributed by atoms with Gasteiger partial charge >= 0.3 is 0 Å². The smallest absolute Gasteiger partial charge is 0.259 e. The molecule has 7 nitrogen and oxygen atoms in total. The first-order chi connectivity index (χ1) is 16.0. The Balaban J connectivity index is 1.39. The third-order valence-corrected chi connectivity index (χ3v) is 5.83. The number of nitrogens with one attached hydrogen (secondary N) is 2. The molecule has 0 unspecified atom stereocenters. The molecule has 33 heavy (non-hydrogen) atoms. The number of amides is 2. The molecule has 170 valence electrons. The first-order valence-corrected chi connectivity index (χ1v) is 11.3. The summed E-state index contributed by atoms with van der Waals surface area (Å²) in [4.78, 5) is 35.5. The van der Waals surface area contributed by atoms with Gasteiger partial charge in [-0.25, -0.2) is 9.97 Å². The molecule has 0 saturated carbocycles. The Morgan fingerprint density at radius 1 is 1.03 bits per heavy atom. The summed E-state index contributed by atoms with van der Waals surface area (Å²) in [7, 11) is 0. The van der Waals surface area contributed by atoms with Crippen LogP contribution in [-0.2, 0) is 11.3 Å². The Morgan fingerprint density at radius 3 is 2.45 bits per heavy atom. The van der Waals surface area contributed by atoms with Gasteiger partial charge in [0.15, 0.2) is 0 Å². The Labute approximate surface area is 194 Å². The average molecular weight is 444 g/mol. The van der Waals surface area contributed by atoms with Crippen molar-refractivity contribution < 1.29 is 9.59 Å². The fraction of sp³-hybridized carbons (Fsp3) is 0.308. The van der Waals surface area contributed by atoms with Crippen LogP contribution in [0.5, 0.6) is 0 Å². The minimum atomic E-state index is -0.196. The van der Waals surface area contributed by atoms with Gasteiger partial charge in [-0.3, -0.25) is 14.5 Å². The lowest BCUT2D eigenvalue weighted by Crippen LogP contribution is -2.34. The predicted octanol–water partition coefficient (Wildman–Crippen LogP) is 4.38. The molecule has 1 saturated heterocycles. The summed E-state index contributed by atoms with van der Waals surface area (Å²) in [5.41, 5.74) is 3.95. The molecular weight excluding hydrogens is 414 g/mol. The molecule has 2 heterocycles. The maximum absolute atomic E-state index is 12.6. The Bertz CT molecular complexity index is 1120. The average Bonchev–Trinajstić information content (AvgIpc) is 2.81. The van der Waals surface area contributed by atoms with Gasteiger partial charge in [-0.2, -0.15) is 0 Å². The van der Waals surface area contributed by atoms with Crippen LogP contribution in [-0.4, -0.2) is 39.8 Å². The van der Waals surface area contributed by atoms with E-state index in [2.05, 4.69) is 32.7 Å². The Hall–Kier alpha value is -3.58. The number of carbonyl (C=O) groups excluding carboxylic acids is 2. The van der Waals surface area contributed by atoms with Crippen LogP contribution in [0.4, 0.5) is 11.4 Å². The van der Waals surface area contributed by atoms with Crippen molar-refractivity contribution in [2.75, 3.05) is 23.7 Å². The summed E-state index contributed by atoms with van der Waals surface area (Å²) >= 11 is 0. The number of para-hydroxylation sites is 1. The van der Waals surface area contributed by atoms with Gasteiger partial charge in [0.2, 0.25) is 5.91 Å². The van der Waals surface area contributed by atoms with E-state index in [1.165, 1.54) is 12.5 Å². The third kappa shape index (κ3) is 6.02. The van der Waals surface area contributed by atoms with Crippen molar-refractivity contribution >= 4 is 23.2 Å². The molecule has 3 aromatic rings. The highest BCUT2D eigenvalue weighted by molar-refractivity contribution is 6.04. The van der Waals surface area contributed by atoms with Crippen LogP contribution in [0.25, 0.3) is 0 Å². The van der Waals surface area contributed by atoms with E-state index < -0.39 is 0 Å². The van der Waals surface area contributed by atoms with Gasteiger partial charge < -0.3 is 10.6 Å². The summed E-state index contributed by atoms with van der Waals surface area (Å²) in [6.07, 6.45) is 3.76. The van der Waals surface area contributed by atoms with Gasteiger partial charge in [-0.1, -0.05) is 30.3 Å². The van der Waals surface area contributed by atoms with Gasteiger partial charge in [-0.05, 0) is 56.1 Å². The quantitative estimate of drug-likeness (QED) is 0.591. The molecule has 4 rings (SSSR count). The lowest BCUT2D eigenvalue weighted by atomic mass is 9.96. The summed E-state index contributed by atoms with van der Waals surface area (Å²) in [6.45, 7) is 6.12. The lowest BCUT2D eigenvalue weighted by Gasteiger charge is -2.32. The number of benzene rings is 2. The summed E-state index contributed by atoms with van der Waals surface area (Å²) in [6, 6.07) is 17.4. The number of anilines is 2. The van der Waals surface area contributed by atoms with Crippen LogP contribution in [0.3, 0.4) is 0 Å². The number of piperidine rings is 1. The van der Waals surface area contributed by atoms with Gasteiger partial charge in [-0.15, -0.1) is 0 Å². The number of aromatic nitrogens is 2. The van der Waals surface area contributed by atoms with E-state index in [4.69, 9.17) is 4.98 Å². The highest BCUT2D eigenvalue weighted by Gasteiger charge is 2.24. The van der Waals surface area contributed by atoms with Crippen LogP contribution in [0.2, 0.25) is 0 Å². The van der Waals surface area contributed by atoms with Gasteiger partial charge in [0, 0.05) is 43.5 Å². The van der Waals surface area contributed by atoms with E-state index in [0.29, 0.717) is 11.3 Å². The monoisotopic (exact) mass is 443 g/mol. The molecule has 1 fully saturated rings. The van der Waals surface area contributed by atoms with Gasteiger partial charge in [0.1, 0.15) is 5.82 Å². The molecular formula is C26H29N5O2. The fourth-order valence-electron chi connectivity index (χ4n) is 4.19. The van der Waals surface area contributed by atoms with Crippen LogP contribution in [0.15, 0.2) is 60.8 Å². The van der Waals surface area contributed by atoms with Crippen molar-refractivity contribution in [3.63, 3.8) is 0 Å². The van der Waals surface area contributed by atoms with Crippen LogP contribution in [0.1, 0.15) is 53.1 Å². The third-order valence-electron chi connectivity index (χ3n) is 5.83. The minimum Gasteiger partial charge on any atom is -0.326 e. The molecule has 0 radical (unpaired) electrons. The molecule has 1 atom stereocenters. The minimum absolute atomic E-state index is 0.0690. The lowest BCUT2D eigenvalue weighted by molar-refractivity contribution is -0.114. The van der Waals surface area contributed by atoms with Crippen molar-refractivity contribution in [1.29, 1.82) is 0 Å². The molecule has 2 aromatic carbocycles. The molecule has 0 spiro atoms. The predicted molar refractivity (Wildman–Crippen MR) is 129 cm³/mol. The summed E-state index contributed by atoms with van der Waals surface area (Å²) < 4.78 is 0. The van der Waals surface area contributed by atoms with Crippen LogP contribution < -0.4 is 10.6 Å². The molecule has 0 aliphatic carbocycles. The van der Waals surface area contributed by atoms with Gasteiger partial charge in [0.05, 0.1) is 11.3 Å². The van der Waals surface area contributed by atoms with E-state index in [1.807, 2.05) is 49.4 Å². The van der Waals surface area contributed by atoms with Crippen LogP contribution in [0, 0.1) is 6.92 Å². The largest absolute Gasteiger partial charge is 0.326 e. The van der Waals surface area contributed by atoms with E-state index >= 15 is 0 Å². The fourth-order valence-corrected chi connectivity index (χ4v) is 4.19. The molecule has 2 amide bonds. The number of nitrogens with zero attached hydrogens (tertiary/aromatic N) is 3. The van der Waals surface area contributed by atoms with Crippen molar-refractivity contribution in [2.24, 2.45) is 0 Å². The zero-order valence-corrected chi connectivity index (χ0v) is 19.0. The Kier molecular flexibility index (Phi) is 7.10. The number of aryl methyl sites for hydroxylation is 1. The summed E-state index contributed by atoms with van der Waals surface area (Å²) in [5, 5.41) is 5.69. The maximum Gasteiger partial charge on any atom is 0.259 e. The van der Waals surface area contributed by atoms with Gasteiger partial charge in [0.25, 0.3) is 5.91 Å². The first-order valence-electron chi connectivity index (χ1n) is 11.3. The second kappa shape index (κ2) is 10.4. The van der Waals surface area contributed by atoms with Crippen molar-refractivity contribution in [3.8, 4) is 0 Å². The molecule has 2 N–H and O–H groups in total. The highest BCUT2D eigenvalue weighted by atomic mass is 16.2. The van der Waals surface area contributed by atoms with E-state index in [9.17, 15) is 9.59 Å². The molecule has 1 aliphatic rings. The van der Waals surface area contributed by atoms with E-state index in [-0.39, 0.29) is 17.7 Å². The van der Waals surface area contributed by atoms with E-state index in [0.717, 1.165) is 49.7 Å². The second-order valence-corrected chi connectivity index (χ2v) is 8.50. The van der Waals surface area contributed by atoms with E-state index in [1.54, 1.807) is 6.20 Å². The normalized spacial score (nSPS) is 16.2. The maximum atomic E-state index is 12.6. The number of hydrogen-bond acceptors (Lipinski definition) is 5. The zero-order chi connectivity index (χ0) is 23.2. The topological polar surface area (TPSA) is 87.2 Å². The van der Waals surface area contributed by atoms with Crippen molar-refractivity contribution in [3.05, 3.63) is 83.4 Å². The number of likely N-dealkylation sites (tertiary alicyclic amines) is 1. The standard InChI is InChI=1S/C26H29N5O2/c1-18-24(26(33)30-22-8-4-3-5-9-22)15-27-25(28-18)21-7-6-14-31(17-21)16-20-10-12-23(13-11-20)29-19(2)32/h3-5,8-13,15,21H,6-7,14,16-17H2,1-2H3,(H,29,32)(H,30,33)/t21-/m0/s1. The first kappa shape index (κ1) is 22.6. The van der Waals surface area contributed by atoms with Crippen molar-refractivity contribution in [2.45, 2.75) is 39.2 Å². The summed E-state index contributed by atoms with van der Waals surface area (Å²) in [5.74, 6) is 0.774. The molecule has 7 heteroatoms. The number of carbonyl (C=O) groups is 2. The van der Waals surface area contributed by atoms with Crippen molar-refractivity contribution in [1.82, 2.24) is 14.9 Å².